The SMILES string of the molecule is Cc1nn(-c2ncc(C(F)(F)F)cc2Cl)cc1C(=O)N1CCN(c2ncc(C(F)(F)F)cc2Cl)CC1. The van der Waals surface area contributed by atoms with Crippen molar-refractivity contribution in [2.24, 2.45) is 0 Å². The van der Waals surface area contributed by atoms with Crippen molar-refractivity contribution in [1.82, 2.24) is 24.6 Å². The van der Waals surface area contributed by atoms with E-state index in [0.717, 1.165) is 16.8 Å². The van der Waals surface area contributed by atoms with Gasteiger partial charge in [0.1, 0.15) is 5.82 Å². The number of aryl methyl sites for hydroxylation is 1. The third kappa shape index (κ3) is 5.21. The van der Waals surface area contributed by atoms with Gasteiger partial charge in [-0.1, -0.05) is 23.2 Å². The molecule has 0 aromatic carbocycles. The Kier molecular flexibility index (Phi) is 6.82. The van der Waals surface area contributed by atoms with Crippen molar-refractivity contribution in [1.29, 1.82) is 0 Å². The number of carbonyl (C=O) groups excluding carboxylic acids is 1. The van der Waals surface area contributed by atoms with Crippen molar-refractivity contribution in [3.8, 4) is 5.82 Å². The van der Waals surface area contributed by atoms with E-state index in [1.807, 2.05) is 0 Å². The second kappa shape index (κ2) is 9.43. The van der Waals surface area contributed by atoms with Crippen molar-refractivity contribution in [3.63, 3.8) is 0 Å². The van der Waals surface area contributed by atoms with Gasteiger partial charge in [0.15, 0.2) is 5.82 Å². The summed E-state index contributed by atoms with van der Waals surface area (Å²) in [4.78, 5) is 23.9. The van der Waals surface area contributed by atoms with Gasteiger partial charge >= 0.3 is 12.4 Å². The zero-order valence-electron chi connectivity index (χ0n) is 18.3. The van der Waals surface area contributed by atoms with Crippen LogP contribution < -0.4 is 4.90 Å². The van der Waals surface area contributed by atoms with Gasteiger partial charge in [-0.2, -0.15) is 31.4 Å². The molecule has 15 heteroatoms. The molecule has 1 fully saturated rings. The van der Waals surface area contributed by atoms with Gasteiger partial charge in [0.2, 0.25) is 0 Å². The average Bonchev–Trinajstić information content (AvgIpc) is 3.18. The molecule has 4 rings (SSSR count). The third-order valence-corrected chi connectivity index (χ3v) is 6.07. The maximum atomic E-state index is 13.1. The molecule has 1 aliphatic rings. The van der Waals surface area contributed by atoms with E-state index >= 15 is 0 Å². The van der Waals surface area contributed by atoms with Crippen LogP contribution in [0.1, 0.15) is 27.2 Å². The Hall–Kier alpha value is -3.06. The zero-order valence-corrected chi connectivity index (χ0v) is 19.8. The molecule has 0 bridgehead atoms. The predicted octanol–water partition coefficient (Wildman–Crippen LogP) is 5.28. The molecule has 0 saturated carbocycles. The number of alkyl halides is 6. The standard InChI is InChI=1S/C21H16Cl2F6N6O/c1-11-14(10-35(32-11)18-16(23)7-13(9-31-18)21(27,28)29)19(36)34-4-2-33(3-5-34)17-15(22)6-12(8-30-17)20(24,25)26/h6-10H,2-5H2,1H3. The molecule has 0 unspecified atom stereocenters. The fourth-order valence-electron chi connectivity index (χ4n) is 3.64. The average molecular weight is 553 g/mol. The van der Waals surface area contributed by atoms with E-state index < -0.39 is 23.5 Å². The summed E-state index contributed by atoms with van der Waals surface area (Å²) in [6.45, 7) is 2.54. The molecule has 4 heterocycles. The van der Waals surface area contributed by atoms with E-state index in [0.29, 0.717) is 18.1 Å². The highest BCUT2D eigenvalue weighted by atomic mass is 35.5. The van der Waals surface area contributed by atoms with Crippen LogP contribution in [0.2, 0.25) is 10.0 Å². The lowest BCUT2D eigenvalue weighted by atomic mass is 10.2. The fourth-order valence-corrected chi connectivity index (χ4v) is 4.18. The molecule has 192 valence electrons. The molecule has 1 amide bonds. The van der Waals surface area contributed by atoms with Crippen LogP contribution in [0.25, 0.3) is 5.82 Å². The van der Waals surface area contributed by atoms with Gasteiger partial charge in [-0.15, -0.1) is 0 Å². The normalized spacial score (nSPS) is 14.9. The first-order chi connectivity index (χ1) is 16.8. The topological polar surface area (TPSA) is 67.2 Å². The third-order valence-electron chi connectivity index (χ3n) is 5.51. The Bertz CT molecular complexity index is 1300. The molecular formula is C21H16Cl2F6N6O. The van der Waals surface area contributed by atoms with E-state index in [9.17, 15) is 31.1 Å². The molecule has 3 aromatic rings. The number of piperazine rings is 1. The first-order valence-electron chi connectivity index (χ1n) is 10.3. The number of hydrogen-bond donors (Lipinski definition) is 0. The van der Waals surface area contributed by atoms with Crippen molar-refractivity contribution in [2.75, 3.05) is 31.1 Å². The van der Waals surface area contributed by atoms with Crippen LogP contribution in [-0.4, -0.2) is 56.7 Å². The van der Waals surface area contributed by atoms with E-state index in [4.69, 9.17) is 23.2 Å². The Morgan fingerprint density at radius 1 is 0.861 bits per heavy atom. The lowest BCUT2D eigenvalue weighted by Crippen LogP contribution is -2.49. The molecule has 3 aromatic heterocycles. The van der Waals surface area contributed by atoms with Crippen molar-refractivity contribution >= 4 is 34.9 Å². The van der Waals surface area contributed by atoms with Crippen LogP contribution in [0.3, 0.4) is 0 Å². The minimum Gasteiger partial charge on any atom is -0.352 e. The van der Waals surface area contributed by atoms with Crippen LogP contribution in [0, 0.1) is 6.92 Å². The van der Waals surface area contributed by atoms with Gasteiger partial charge < -0.3 is 9.80 Å². The lowest BCUT2D eigenvalue weighted by molar-refractivity contribution is -0.138. The molecule has 1 aliphatic heterocycles. The summed E-state index contributed by atoms with van der Waals surface area (Å²) in [5.41, 5.74) is -1.46. The molecule has 0 radical (unpaired) electrons. The summed E-state index contributed by atoms with van der Waals surface area (Å²) in [6, 6.07) is 1.53. The maximum Gasteiger partial charge on any atom is 0.417 e. The fraction of sp³-hybridized carbons (Fsp3) is 0.333. The van der Waals surface area contributed by atoms with Crippen LogP contribution >= 0.6 is 23.2 Å². The largest absolute Gasteiger partial charge is 0.417 e. The molecular weight excluding hydrogens is 537 g/mol. The molecule has 0 spiro atoms. The van der Waals surface area contributed by atoms with Gasteiger partial charge in [-0.3, -0.25) is 4.79 Å². The quantitative estimate of drug-likeness (QED) is 0.414. The first kappa shape index (κ1) is 26.0. The summed E-state index contributed by atoms with van der Waals surface area (Å²) in [5, 5.41) is 3.72. The van der Waals surface area contributed by atoms with E-state index in [1.165, 1.54) is 11.1 Å². The number of carbonyl (C=O) groups is 1. The molecule has 0 aliphatic carbocycles. The van der Waals surface area contributed by atoms with Crippen molar-refractivity contribution in [2.45, 2.75) is 19.3 Å². The highest BCUT2D eigenvalue weighted by Crippen LogP contribution is 2.34. The van der Waals surface area contributed by atoms with Gasteiger partial charge in [0, 0.05) is 44.8 Å². The Labute approximate surface area is 210 Å². The number of hydrogen-bond acceptors (Lipinski definition) is 5. The Morgan fingerprint density at radius 3 is 1.83 bits per heavy atom. The summed E-state index contributed by atoms with van der Waals surface area (Å²) in [6.07, 6.45) is -6.52. The number of halogens is 8. The predicted molar refractivity (Wildman–Crippen MR) is 118 cm³/mol. The highest BCUT2D eigenvalue weighted by Gasteiger charge is 2.34. The van der Waals surface area contributed by atoms with Gasteiger partial charge in [0.05, 0.1) is 32.4 Å². The van der Waals surface area contributed by atoms with Crippen molar-refractivity contribution in [3.05, 3.63) is 63.2 Å². The number of amides is 1. The number of anilines is 1. The highest BCUT2D eigenvalue weighted by molar-refractivity contribution is 6.33. The first-order valence-corrected chi connectivity index (χ1v) is 11.1. The van der Waals surface area contributed by atoms with E-state index in [-0.39, 0.29) is 59.3 Å². The molecule has 0 atom stereocenters. The number of nitrogens with zero attached hydrogens (tertiary/aromatic N) is 6. The van der Waals surface area contributed by atoms with E-state index in [2.05, 4.69) is 15.1 Å². The molecule has 1 saturated heterocycles. The minimum absolute atomic E-state index is 0.0698. The lowest BCUT2D eigenvalue weighted by Gasteiger charge is -2.35. The maximum absolute atomic E-state index is 13.1. The summed E-state index contributed by atoms with van der Waals surface area (Å²) >= 11 is 12.0. The van der Waals surface area contributed by atoms with Crippen LogP contribution in [-0.2, 0) is 12.4 Å². The van der Waals surface area contributed by atoms with Crippen molar-refractivity contribution < 1.29 is 31.1 Å². The molecule has 36 heavy (non-hydrogen) atoms. The molecule has 0 N–H and O–H groups in total. The summed E-state index contributed by atoms with van der Waals surface area (Å²) in [7, 11) is 0. The number of rotatable bonds is 3. The molecule has 7 nitrogen and oxygen atoms in total. The summed E-state index contributed by atoms with van der Waals surface area (Å²) < 4.78 is 78.3. The van der Waals surface area contributed by atoms with Gasteiger partial charge in [-0.05, 0) is 19.1 Å². The minimum atomic E-state index is -4.61. The smallest absolute Gasteiger partial charge is 0.352 e. The Morgan fingerprint density at radius 2 is 1.36 bits per heavy atom. The monoisotopic (exact) mass is 552 g/mol. The number of pyridine rings is 2. The summed E-state index contributed by atoms with van der Waals surface area (Å²) in [5.74, 6) is -0.267. The number of aromatic nitrogens is 4. The van der Waals surface area contributed by atoms with E-state index in [1.54, 1.807) is 11.8 Å². The Balaban J connectivity index is 1.47. The van der Waals surface area contributed by atoms with Crippen LogP contribution in [0.5, 0.6) is 0 Å². The second-order valence-corrected chi connectivity index (χ2v) is 8.72. The van der Waals surface area contributed by atoms with Gasteiger partial charge in [0.25, 0.3) is 5.91 Å². The van der Waals surface area contributed by atoms with Crippen LogP contribution in [0.4, 0.5) is 32.2 Å². The van der Waals surface area contributed by atoms with Crippen LogP contribution in [0.15, 0.2) is 30.7 Å². The zero-order chi connectivity index (χ0) is 26.4. The van der Waals surface area contributed by atoms with Gasteiger partial charge in [-0.25, -0.2) is 14.6 Å². The second-order valence-electron chi connectivity index (χ2n) is 7.91.